The average Bonchev–Trinajstić information content (AvgIpc) is 2.11. The summed E-state index contributed by atoms with van der Waals surface area (Å²) in [6, 6.07) is 0. The number of alkyl halides is 8. The second kappa shape index (κ2) is 4.72. The Hall–Kier alpha value is -0.600. The van der Waals surface area contributed by atoms with Crippen LogP contribution >= 0.6 is 0 Å². The maximum atomic E-state index is 12.8. The van der Waals surface area contributed by atoms with Gasteiger partial charge in [-0.3, -0.25) is 0 Å². The summed E-state index contributed by atoms with van der Waals surface area (Å²) in [5.41, 5.74) is -6.03. The third-order valence-electron chi connectivity index (χ3n) is 1.56. The van der Waals surface area contributed by atoms with E-state index in [-0.39, 0.29) is 0 Å². The smallest absolute Gasteiger partial charge is 0.317 e. The van der Waals surface area contributed by atoms with Crippen LogP contribution in [0.1, 0.15) is 6.42 Å². The molecule has 97 valence electrons. The van der Waals surface area contributed by atoms with Gasteiger partial charge in [-0.15, -0.1) is 0 Å². The van der Waals surface area contributed by atoms with Gasteiger partial charge in [-0.1, -0.05) is 6.92 Å². The van der Waals surface area contributed by atoms with Crippen molar-refractivity contribution in [2.75, 3.05) is 6.61 Å². The van der Waals surface area contributed by atoms with E-state index in [1.165, 1.54) is 0 Å². The van der Waals surface area contributed by atoms with Crippen molar-refractivity contribution in [2.24, 2.45) is 0 Å². The van der Waals surface area contributed by atoms with Gasteiger partial charge in [0.2, 0.25) is 0 Å². The Labute approximate surface area is 85.4 Å². The second-order valence-electron chi connectivity index (χ2n) is 2.73. The van der Waals surface area contributed by atoms with Crippen LogP contribution in [0.2, 0.25) is 0 Å². The molecule has 0 saturated heterocycles. The molecule has 0 amide bonds. The van der Waals surface area contributed by atoms with Crippen LogP contribution in [0, 0.1) is 6.92 Å². The molecule has 0 fully saturated rings. The molecular formula is C7H7F8O. The summed E-state index contributed by atoms with van der Waals surface area (Å²) in [4.78, 5) is 0. The first-order valence-corrected chi connectivity index (χ1v) is 3.85. The van der Waals surface area contributed by atoms with Gasteiger partial charge in [-0.05, 0) is 6.42 Å². The lowest BCUT2D eigenvalue weighted by Gasteiger charge is -2.33. The molecule has 0 aliphatic rings. The van der Waals surface area contributed by atoms with E-state index >= 15 is 0 Å². The van der Waals surface area contributed by atoms with Crippen LogP contribution < -0.4 is 0 Å². The number of halogens is 8. The van der Waals surface area contributed by atoms with Gasteiger partial charge in [0, 0.05) is 0 Å². The standard InChI is InChI=1S/C7H7F8O/c1-2-3-16-7(14,15)5(10,4(8)9)6(11,12)13/h4H,1-3H2. The first-order valence-electron chi connectivity index (χ1n) is 3.85. The highest BCUT2D eigenvalue weighted by atomic mass is 19.4. The summed E-state index contributed by atoms with van der Waals surface area (Å²) >= 11 is 0. The van der Waals surface area contributed by atoms with E-state index in [2.05, 4.69) is 11.7 Å². The zero-order chi connectivity index (χ0) is 13.2. The fourth-order valence-corrected chi connectivity index (χ4v) is 0.721. The lowest BCUT2D eigenvalue weighted by molar-refractivity contribution is -0.406. The molecule has 1 atom stereocenters. The first kappa shape index (κ1) is 15.4. The molecule has 16 heavy (non-hydrogen) atoms. The Morgan fingerprint density at radius 3 is 1.69 bits per heavy atom. The largest absolute Gasteiger partial charge is 0.437 e. The number of rotatable bonds is 5. The molecule has 0 aromatic carbocycles. The van der Waals surface area contributed by atoms with Crippen molar-refractivity contribution in [3.8, 4) is 0 Å². The zero-order valence-electron chi connectivity index (χ0n) is 7.63. The minimum absolute atomic E-state index is 0.424. The van der Waals surface area contributed by atoms with Crippen LogP contribution in [0.3, 0.4) is 0 Å². The fourth-order valence-electron chi connectivity index (χ4n) is 0.721. The van der Waals surface area contributed by atoms with Gasteiger partial charge in [0.05, 0.1) is 6.61 Å². The molecule has 0 N–H and O–H groups in total. The number of hydrogen-bond donors (Lipinski definition) is 0. The van der Waals surface area contributed by atoms with Gasteiger partial charge in [0.1, 0.15) is 0 Å². The van der Waals surface area contributed by atoms with E-state index in [0.29, 0.717) is 0 Å². The monoisotopic (exact) mass is 259 g/mol. The Morgan fingerprint density at radius 2 is 1.44 bits per heavy atom. The molecule has 0 saturated carbocycles. The van der Waals surface area contributed by atoms with Gasteiger partial charge < -0.3 is 4.74 Å². The van der Waals surface area contributed by atoms with Gasteiger partial charge in [-0.25, -0.2) is 13.2 Å². The van der Waals surface area contributed by atoms with Gasteiger partial charge >= 0.3 is 18.0 Å². The molecule has 9 heteroatoms. The highest BCUT2D eigenvalue weighted by Crippen LogP contribution is 2.49. The highest BCUT2D eigenvalue weighted by Gasteiger charge is 2.78. The summed E-state index contributed by atoms with van der Waals surface area (Å²) in [5, 5.41) is 0. The predicted molar refractivity (Wildman–Crippen MR) is 36.8 cm³/mol. The Morgan fingerprint density at radius 1 is 1.00 bits per heavy atom. The molecule has 0 spiro atoms. The second-order valence-corrected chi connectivity index (χ2v) is 2.73. The maximum absolute atomic E-state index is 12.8. The summed E-state index contributed by atoms with van der Waals surface area (Å²) in [6.07, 6.45) is -17.5. The topological polar surface area (TPSA) is 9.23 Å². The Kier molecular flexibility index (Phi) is 4.55. The normalized spacial score (nSPS) is 17.6. The summed E-state index contributed by atoms with van der Waals surface area (Å²) < 4.78 is 100. The average molecular weight is 259 g/mol. The molecule has 0 aromatic rings. The quantitative estimate of drug-likeness (QED) is 0.688. The third-order valence-corrected chi connectivity index (χ3v) is 1.56. The van der Waals surface area contributed by atoms with Crippen LogP contribution in [0.5, 0.6) is 0 Å². The number of hydrogen-bond acceptors (Lipinski definition) is 1. The highest BCUT2D eigenvalue weighted by molar-refractivity contribution is 4.97. The minimum atomic E-state index is -6.45. The van der Waals surface area contributed by atoms with Crippen LogP contribution in [0.4, 0.5) is 35.1 Å². The first-order chi connectivity index (χ1) is 7.00. The molecular weight excluding hydrogens is 252 g/mol. The molecule has 0 aliphatic carbocycles. The van der Waals surface area contributed by atoms with Crippen molar-refractivity contribution >= 4 is 0 Å². The Bertz CT molecular complexity index is 225. The summed E-state index contributed by atoms with van der Waals surface area (Å²) in [5.74, 6) is 0. The molecule has 1 nitrogen and oxygen atoms in total. The van der Waals surface area contributed by atoms with E-state index in [1.807, 2.05) is 0 Å². The lowest BCUT2D eigenvalue weighted by Crippen LogP contribution is -2.61. The Balaban J connectivity index is 5.19. The predicted octanol–water partition coefficient (Wildman–Crippen LogP) is 3.36. The summed E-state index contributed by atoms with van der Waals surface area (Å²) in [6.45, 7) is 1.85. The van der Waals surface area contributed by atoms with Crippen molar-refractivity contribution in [1.29, 1.82) is 0 Å². The van der Waals surface area contributed by atoms with Crippen LogP contribution in [-0.4, -0.2) is 31.0 Å². The third kappa shape index (κ3) is 2.55. The molecule has 0 bridgehead atoms. The van der Waals surface area contributed by atoms with Crippen molar-refractivity contribution < 1.29 is 39.9 Å². The molecule has 1 radical (unpaired) electrons. The van der Waals surface area contributed by atoms with E-state index in [0.717, 1.165) is 0 Å². The van der Waals surface area contributed by atoms with Crippen molar-refractivity contribution in [3.05, 3.63) is 6.92 Å². The van der Waals surface area contributed by atoms with Gasteiger partial charge in [0.15, 0.2) is 0 Å². The van der Waals surface area contributed by atoms with Crippen molar-refractivity contribution in [3.63, 3.8) is 0 Å². The SMILES string of the molecule is [CH2]CCOC(F)(F)C(F)(C(F)F)C(F)(F)F. The summed E-state index contributed by atoms with van der Waals surface area (Å²) in [7, 11) is 0. The van der Waals surface area contributed by atoms with Crippen molar-refractivity contribution in [1.82, 2.24) is 0 Å². The van der Waals surface area contributed by atoms with Gasteiger partial charge in [0.25, 0.3) is 6.43 Å². The van der Waals surface area contributed by atoms with Crippen molar-refractivity contribution in [2.45, 2.75) is 30.8 Å². The molecule has 0 aromatic heterocycles. The van der Waals surface area contributed by atoms with E-state index < -0.39 is 37.4 Å². The molecule has 0 heterocycles. The van der Waals surface area contributed by atoms with Crippen LogP contribution in [-0.2, 0) is 4.74 Å². The van der Waals surface area contributed by atoms with E-state index in [1.54, 1.807) is 0 Å². The van der Waals surface area contributed by atoms with E-state index in [9.17, 15) is 35.1 Å². The minimum Gasteiger partial charge on any atom is -0.317 e. The van der Waals surface area contributed by atoms with Crippen LogP contribution in [0.15, 0.2) is 0 Å². The van der Waals surface area contributed by atoms with Crippen LogP contribution in [0.25, 0.3) is 0 Å². The lowest BCUT2D eigenvalue weighted by atomic mass is 10.1. The fraction of sp³-hybridized carbons (Fsp3) is 0.857. The maximum Gasteiger partial charge on any atom is 0.437 e. The number of ether oxygens (including phenoxy) is 1. The zero-order valence-corrected chi connectivity index (χ0v) is 7.63. The molecule has 0 aliphatic heterocycles. The molecule has 1 unspecified atom stereocenters. The van der Waals surface area contributed by atoms with Gasteiger partial charge in [-0.2, -0.15) is 22.0 Å². The molecule has 0 rings (SSSR count). The van der Waals surface area contributed by atoms with E-state index in [4.69, 9.17) is 0 Å².